The largest absolute Gasteiger partial charge is 0.481 e. The number of hydrogen-bond donors (Lipinski definition) is 3. The molecule has 0 rings (SSSR count). The Kier molecular flexibility index (Phi) is 18.2. The fourth-order valence-electron chi connectivity index (χ4n) is 0.526. The Morgan fingerprint density at radius 1 is 1.30 bits per heavy atom. The molecule has 0 aliphatic rings. The van der Waals surface area contributed by atoms with Crippen LogP contribution in [0.3, 0.4) is 0 Å². The molecule has 64 valence electrons. The van der Waals surface area contributed by atoms with E-state index in [0.29, 0.717) is 6.42 Å². The predicted octanol–water partition coefficient (Wildman–Crippen LogP) is 1.98. The van der Waals surface area contributed by atoms with Gasteiger partial charge in [0.1, 0.15) is 0 Å². The maximum atomic E-state index is 9.87. The highest BCUT2D eigenvalue weighted by molar-refractivity contribution is 5.66. The Labute approximate surface area is 61.8 Å². The van der Waals surface area contributed by atoms with E-state index < -0.39 is 5.97 Å². The number of aliphatic carboxylic acids is 1. The van der Waals surface area contributed by atoms with Gasteiger partial charge in [0, 0.05) is 6.42 Å². The van der Waals surface area contributed by atoms with Crippen LogP contribution < -0.4 is 12.3 Å². The Morgan fingerprint density at radius 3 is 2.10 bits per heavy atom. The van der Waals surface area contributed by atoms with Gasteiger partial charge in [0.25, 0.3) is 0 Å². The standard InChI is InChI=1S/C6H12O2.2H3N/c1-2-3-4-5-6(7)8;;/h2-5H2,1H3,(H,7,8);2*1H3. The van der Waals surface area contributed by atoms with Crippen LogP contribution in [0.25, 0.3) is 0 Å². The maximum absolute atomic E-state index is 9.87. The third-order valence-electron chi connectivity index (χ3n) is 0.994. The molecule has 4 nitrogen and oxygen atoms in total. The molecule has 10 heavy (non-hydrogen) atoms. The summed E-state index contributed by atoms with van der Waals surface area (Å²) in [5.41, 5.74) is 0. The smallest absolute Gasteiger partial charge is 0.303 e. The van der Waals surface area contributed by atoms with Crippen LogP contribution in [0.2, 0.25) is 0 Å². The highest BCUT2D eigenvalue weighted by Gasteiger charge is 1.92. The van der Waals surface area contributed by atoms with Crippen molar-refractivity contribution in [1.82, 2.24) is 12.3 Å². The van der Waals surface area contributed by atoms with E-state index in [0.717, 1.165) is 19.3 Å². The second-order valence-corrected chi connectivity index (χ2v) is 1.85. The van der Waals surface area contributed by atoms with Gasteiger partial charge < -0.3 is 17.4 Å². The third-order valence-corrected chi connectivity index (χ3v) is 0.994. The summed E-state index contributed by atoms with van der Waals surface area (Å²) in [6.45, 7) is 2.06. The third kappa shape index (κ3) is 15.7. The van der Waals surface area contributed by atoms with Gasteiger partial charge in [-0.3, -0.25) is 4.79 Å². The van der Waals surface area contributed by atoms with Crippen LogP contribution >= 0.6 is 0 Å². The van der Waals surface area contributed by atoms with E-state index >= 15 is 0 Å². The fraction of sp³-hybridized carbons (Fsp3) is 0.833. The second-order valence-electron chi connectivity index (χ2n) is 1.85. The van der Waals surface area contributed by atoms with Crippen molar-refractivity contribution in [2.24, 2.45) is 0 Å². The number of carboxylic acids is 1. The van der Waals surface area contributed by atoms with Crippen LogP contribution in [-0.4, -0.2) is 11.1 Å². The molecule has 0 aliphatic heterocycles. The zero-order valence-corrected chi connectivity index (χ0v) is 6.60. The van der Waals surface area contributed by atoms with Gasteiger partial charge in [-0.1, -0.05) is 19.8 Å². The maximum Gasteiger partial charge on any atom is 0.303 e. The predicted molar refractivity (Wildman–Crippen MR) is 41.8 cm³/mol. The topological polar surface area (TPSA) is 107 Å². The van der Waals surface area contributed by atoms with Crippen LogP contribution in [-0.2, 0) is 4.79 Å². The van der Waals surface area contributed by atoms with E-state index in [1.54, 1.807) is 0 Å². The van der Waals surface area contributed by atoms with Gasteiger partial charge in [-0.2, -0.15) is 0 Å². The molecular weight excluding hydrogens is 132 g/mol. The Hall–Kier alpha value is -0.610. The number of carbonyl (C=O) groups is 1. The summed E-state index contributed by atoms with van der Waals surface area (Å²) < 4.78 is 0. The SMILES string of the molecule is CCCCCC(=O)O.N.N. The molecule has 7 N–H and O–H groups in total. The van der Waals surface area contributed by atoms with Crippen molar-refractivity contribution in [3.05, 3.63) is 0 Å². The minimum absolute atomic E-state index is 0. The minimum Gasteiger partial charge on any atom is -0.481 e. The van der Waals surface area contributed by atoms with Crippen LogP contribution in [0.4, 0.5) is 0 Å². The molecule has 0 saturated heterocycles. The van der Waals surface area contributed by atoms with Crippen LogP contribution in [0, 0.1) is 0 Å². The molecule has 0 aromatic carbocycles. The summed E-state index contributed by atoms with van der Waals surface area (Å²) in [4.78, 5) is 9.87. The molecule has 0 amide bonds. The number of unbranched alkanes of at least 4 members (excludes halogenated alkanes) is 2. The first kappa shape index (κ1) is 16.2. The lowest BCUT2D eigenvalue weighted by molar-refractivity contribution is -0.137. The van der Waals surface area contributed by atoms with Gasteiger partial charge in [-0.25, -0.2) is 0 Å². The first-order valence-corrected chi connectivity index (χ1v) is 2.99. The average Bonchev–Trinajstić information content (AvgIpc) is 1.66. The zero-order chi connectivity index (χ0) is 6.41. The van der Waals surface area contributed by atoms with Gasteiger partial charge in [-0.05, 0) is 6.42 Å². The number of carboxylic acid groups (broad SMARTS) is 1. The summed E-state index contributed by atoms with van der Waals surface area (Å²) in [6.07, 6.45) is 3.28. The molecule has 0 atom stereocenters. The number of hydrogen-bond acceptors (Lipinski definition) is 3. The van der Waals surface area contributed by atoms with Crippen molar-refractivity contribution in [2.75, 3.05) is 0 Å². The van der Waals surface area contributed by atoms with Crippen molar-refractivity contribution in [1.29, 1.82) is 0 Å². The second kappa shape index (κ2) is 11.2. The quantitative estimate of drug-likeness (QED) is 0.532. The van der Waals surface area contributed by atoms with Gasteiger partial charge in [0.15, 0.2) is 0 Å². The molecule has 0 aromatic rings. The summed E-state index contributed by atoms with van der Waals surface area (Å²) in [5, 5.41) is 8.14. The minimum atomic E-state index is -0.682. The first-order chi connectivity index (χ1) is 3.77. The first-order valence-electron chi connectivity index (χ1n) is 2.99. The Balaban J connectivity index is -0.000000245. The fourth-order valence-corrected chi connectivity index (χ4v) is 0.526. The Bertz CT molecular complexity index is 76.1. The van der Waals surface area contributed by atoms with E-state index in [1.807, 2.05) is 0 Å². The molecule has 0 saturated carbocycles. The van der Waals surface area contributed by atoms with E-state index in [1.165, 1.54) is 0 Å². The molecule has 0 aliphatic carbocycles. The molecule has 0 heterocycles. The number of rotatable bonds is 4. The van der Waals surface area contributed by atoms with Crippen LogP contribution in [0.5, 0.6) is 0 Å². The van der Waals surface area contributed by atoms with Gasteiger partial charge in [0.2, 0.25) is 0 Å². The Morgan fingerprint density at radius 2 is 1.80 bits per heavy atom. The van der Waals surface area contributed by atoms with Crippen LogP contribution in [0.15, 0.2) is 0 Å². The summed E-state index contributed by atoms with van der Waals surface area (Å²) in [7, 11) is 0. The van der Waals surface area contributed by atoms with Crippen molar-refractivity contribution in [2.45, 2.75) is 32.6 Å². The van der Waals surface area contributed by atoms with Gasteiger partial charge >= 0.3 is 5.97 Å². The molecule has 0 bridgehead atoms. The molecule has 0 spiro atoms. The lowest BCUT2D eigenvalue weighted by atomic mass is 10.2. The van der Waals surface area contributed by atoms with Crippen LogP contribution in [0.1, 0.15) is 32.6 Å². The molecule has 0 aromatic heterocycles. The molecule has 0 unspecified atom stereocenters. The molecular formula is C6H18N2O2. The molecule has 0 fully saturated rings. The van der Waals surface area contributed by atoms with Crippen molar-refractivity contribution >= 4 is 5.97 Å². The van der Waals surface area contributed by atoms with Crippen molar-refractivity contribution in [3.63, 3.8) is 0 Å². The molecule has 0 radical (unpaired) electrons. The monoisotopic (exact) mass is 150 g/mol. The summed E-state index contributed by atoms with van der Waals surface area (Å²) in [6, 6.07) is 0. The lowest BCUT2D eigenvalue weighted by Gasteiger charge is -1.89. The van der Waals surface area contributed by atoms with Gasteiger partial charge in [-0.15, -0.1) is 0 Å². The van der Waals surface area contributed by atoms with E-state index in [9.17, 15) is 4.79 Å². The summed E-state index contributed by atoms with van der Waals surface area (Å²) >= 11 is 0. The van der Waals surface area contributed by atoms with E-state index in [2.05, 4.69) is 6.92 Å². The molecule has 4 heteroatoms. The lowest BCUT2D eigenvalue weighted by Crippen LogP contribution is -1.92. The highest BCUT2D eigenvalue weighted by atomic mass is 16.4. The normalized spacial score (nSPS) is 7.30. The average molecular weight is 150 g/mol. The van der Waals surface area contributed by atoms with E-state index in [4.69, 9.17) is 5.11 Å². The van der Waals surface area contributed by atoms with E-state index in [-0.39, 0.29) is 12.3 Å². The highest BCUT2D eigenvalue weighted by Crippen LogP contribution is 1.97. The van der Waals surface area contributed by atoms with Gasteiger partial charge in [0.05, 0.1) is 0 Å². The van der Waals surface area contributed by atoms with Crippen molar-refractivity contribution < 1.29 is 9.90 Å². The zero-order valence-electron chi connectivity index (χ0n) is 6.60. The summed E-state index contributed by atoms with van der Waals surface area (Å²) in [5.74, 6) is -0.682. The van der Waals surface area contributed by atoms with Crippen molar-refractivity contribution in [3.8, 4) is 0 Å².